The lowest BCUT2D eigenvalue weighted by atomic mass is 9.77. The van der Waals surface area contributed by atoms with Crippen molar-refractivity contribution < 1.29 is 14.7 Å². The molecule has 1 aromatic heterocycles. The zero-order chi connectivity index (χ0) is 18.7. The zero-order valence-corrected chi connectivity index (χ0v) is 14.9. The molecule has 0 saturated heterocycles. The van der Waals surface area contributed by atoms with Crippen LogP contribution in [0.4, 0.5) is 0 Å². The SMILES string of the molecule is CC1CCC(NC(=O)C(C)n2nnc(-c3ccccc3)n2)(C(=O)O)CC1. The summed E-state index contributed by atoms with van der Waals surface area (Å²) < 4.78 is 0. The van der Waals surface area contributed by atoms with Gasteiger partial charge in [0, 0.05) is 5.56 Å². The minimum absolute atomic E-state index is 0.418. The lowest BCUT2D eigenvalue weighted by Gasteiger charge is -2.36. The maximum Gasteiger partial charge on any atom is 0.329 e. The Kier molecular flexibility index (Phi) is 5.01. The van der Waals surface area contributed by atoms with Gasteiger partial charge in [-0.15, -0.1) is 10.2 Å². The number of hydrogen-bond acceptors (Lipinski definition) is 5. The number of rotatable bonds is 5. The fraction of sp³-hybridized carbons (Fsp3) is 0.500. The summed E-state index contributed by atoms with van der Waals surface area (Å²) in [6.45, 7) is 3.73. The van der Waals surface area contributed by atoms with Crippen molar-refractivity contribution in [3.8, 4) is 11.4 Å². The second-order valence-corrected chi connectivity index (χ2v) is 7.03. The third-order valence-electron chi connectivity index (χ3n) is 5.09. The molecule has 2 N–H and O–H groups in total. The number of carbonyl (C=O) groups excluding carboxylic acids is 1. The summed E-state index contributed by atoms with van der Waals surface area (Å²) in [5.74, 6) is -0.507. The van der Waals surface area contributed by atoms with Gasteiger partial charge in [0.25, 0.3) is 0 Å². The molecule has 1 aromatic carbocycles. The van der Waals surface area contributed by atoms with Crippen molar-refractivity contribution in [1.82, 2.24) is 25.5 Å². The van der Waals surface area contributed by atoms with Gasteiger partial charge >= 0.3 is 5.97 Å². The lowest BCUT2D eigenvalue weighted by Crippen LogP contribution is -2.57. The van der Waals surface area contributed by atoms with Crippen molar-refractivity contribution in [1.29, 1.82) is 0 Å². The van der Waals surface area contributed by atoms with E-state index in [2.05, 4.69) is 27.7 Å². The molecule has 8 heteroatoms. The van der Waals surface area contributed by atoms with Crippen molar-refractivity contribution in [2.45, 2.75) is 51.1 Å². The van der Waals surface area contributed by atoms with Crippen LogP contribution in [0.1, 0.15) is 45.6 Å². The number of benzene rings is 1. The Bertz CT molecular complexity index is 781. The summed E-state index contributed by atoms with van der Waals surface area (Å²) in [6, 6.07) is 8.58. The van der Waals surface area contributed by atoms with Gasteiger partial charge in [0.1, 0.15) is 11.6 Å². The van der Waals surface area contributed by atoms with Crippen molar-refractivity contribution >= 4 is 11.9 Å². The number of carboxylic acid groups (broad SMARTS) is 1. The molecule has 1 amide bonds. The molecule has 1 unspecified atom stereocenters. The van der Waals surface area contributed by atoms with Crippen LogP contribution < -0.4 is 5.32 Å². The number of amides is 1. The highest BCUT2D eigenvalue weighted by atomic mass is 16.4. The van der Waals surface area contributed by atoms with Gasteiger partial charge < -0.3 is 10.4 Å². The fourth-order valence-corrected chi connectivity index (χ4v) is 3.18. The molecule has 0 radical (unpaired) electrons. The van der Waals surface area contributed by atoms with E-state index in [1.165, 1.54) is 4.80 Å². The monoisotopic (exact) mass is 357 g/mol. The molecule has 1 atom stereocenters. The van der Waals surface area contributed by atoms with E-state index in [0.29, 0.717) is 24.6 Å². The summed E-state index contributed by atoms with van der Waals surface area (Å²) in [6.07, 6.45) is 2.42. The molecule has 138 valence electrons. The molecule has 1 aliphatic rings. The van der Waals surface area contributed by atoms with Crippen LogP contribution in [0.2, 0.25) is 0 Å². The summed E-state index contributed by atoms with van der Waals surface area (Å²) >= 11 is 0. The van der Waals surface area contributed by atoms with Gasteiger partial charge in [0.15, 0.2) is 0 Å². The molecule has 3 rings (SSSR count). The molecule has 1 aliphatic carbocycles. The van der Waals surface area contributed by atoms with Crippen LogP contribution in [0.5, 0.6) is 0 Å². The maximum atomic E-state index is 12.6. The molecule has 2 aromatic rings. The lowest BCUT2D eigenvalue weighted by molar-refractivity contribution is -0.150. The van der Waals surface area contributed by atoms with Crippen molar-refractivity contribution in [2.75, 3.05) is 0 Å². The number of tetrazole rings is 1. The van der Waals surface area contributed by atoms with Gasteiger partial charge in [-0.3, -0.25) is 4.79 Å². The van der Waals surface area contributed by atoms with Crippen LogP contribution >= 0.6 is 0 Å². The van der Waals surface area contributed by atoms with E-state index >= 15 is 0 Å². The van der Waals surface area contributed by atoms with Crippen LogP contribution in [0.15, 0.2) is 30.3 Å². The Morgan fingerprint density at radius 1 is 1.27 bits per heavy atom. The van der Waals surface area contributed by atoms with E-state index in [4.69, 9.17) is 0 Å². The average molecular weight is 357 g/mol. The highest BCUT2D eigenvalue weighted by molar-refractivity contribution is 5.88. The molecule has 1 saturated carbocycles. The molecule has 1 heterocycles. The van der Waals surface area contributed by atoms with Crippen molar-refractivity contribution in [3.05, 3.63) is 30.3 Å². The Balaban J connectivity index is 1.73. The Labute approximate surface area is 151 Å². The number of aliphatic carboxylic acids is 1. The van der Waals surface area contributed by atoms with Gasteiger partial charge in [-0.2, -0.15) is 4.80 Å². The van der Waals surface area contributed by atoms with E-state index in [1.807, 2.05) is 30.3 Å². The molecular formula is C18H23N5O3. The zero-order valence-electron chi connectivity index (χ0n) is 14.9. The number of nitrogens with one attached hydrogen (secondary N) is 1. The molecule has 0 aliphatic heterocycles. The first kappa shape index (κ1) is 18.0. The third-order valence-corrected chi connectivity index (χ3v) is 5.09. The maximum absolute atomic E-state index is 12.6. The van der Waals surface area contributed by atoms with E-state index in [0.717, 1.165) is 18.4 Å². The molecular weight excluding hydrogens is 334 g/mol. The minimum Gasteiger partial charge on any atom is -0.480 e. The Morgan fingerprint density at radius 2 is 1.92 bits per heavy atom. The summed E-state index contributed by atoms with van der Waals surface area (Å²) in [5, 5.41) is 24.6. The topological polar surface area (TPSA) is 110 Å². The largest absolute Gasteiger partial charge is 0.480 e. The fourth-order valence-electron chi connectivity index (χ4n) is 3.18. The average Bonchev–Trinajstić information content (AvgIpc) is 3.14. The van der Waals surface area contributed by atoms with Gasteiger partial charge in [-0.25, -0.2) is 4.79 Å². The Morgan fingerprint density at radius 3 is 2.54 bits per heavy atom. The second-order valence-electron chi connectivity index (χ2n) is 7.03. The number of hydrogen-bond donors (Lipinski definition) is 2. The quantitative estimate of drug-likeness (QED) is 0.847. The van der Waals surface area contributed by atoms with Crippen LogP contribution in [-0.2, 0) is 9.59 Å². The minimum atomic E-state index is -1.21. The van der Waals surface area contributed by atoms with Gasteiger partial charge in [0.05, 0.1) is 0 Å². The van der Waals surface area contributed by atoms with Crippen molar-refractivity contribution in [2.24, 2.45) is 5.92 Å². The number of aromatic nitrogens is 4. The van der Waals surface area contributed by atoms with Crippen molar-refractivity contribution in [3.63, 3.8) is 0 Å². The molecule has 0 spiro atoms. The van der Waals surface area contributed by atoms with Crippen LogP contribution in [-0.4, -0.2) is 42.7 Å². The summed E-state index contributed by atoms with van der Waals surface area (Å²) in [5.41, 5.74) is -0.407. The first-order valence-corrected chi connectivity index (χ1v) is 8.81. The standard InChI is InChI=1S/C18H23N5O3/c1-12-8-10-18(11-9-12,17(25)26)19-16(24)13(2)23-21-15(20-22-23)14-6-4-3-5-7-14/h3-7,12-13H,8-11H2,1-2H3,(H,19,24)(H,25,26). The van der Waals surface area contributed by atoms with E-state index < -0.39 is 23.5 Å². The van der Waals surface area contributed by atoms with E-state index in [9.17, 15) is 14.7 Å². The number of carboxylic acids is 1. The third kappa shape index (κ3) is 3.58. The summed E-state index contributed by atoms with van der Waals surface area (Å²) in [4.78, 5) is 25.7. The van der Waals surface area contributed by atoms with Crippen LogP contribution in [0.25, 0.3) is 11.4 Å². The second kappa shape index (κ2) is 7.23. The predicted octanol–water partition coefficient (Wildman–Crippen LogP) is 2.05. The smallest absolute Gasteiger partial charge is 0.329 e. The van der Waals surface area contributed by atoms with Crippen LogP contribution in [0, 0.1) is 5.92 Å². The highest BCUT2D eigenvalue weighted by Crippen LogP contribution is 2.32. The molecule has 1 fully saturated rings. The van der Waals surface area contributed by atoms with Gasteiger partial charge in [-0.1, -0.05) is 37.3 Å². The normalized spacial score (nSPS) is 24.0. The van der Waals surface area contributed by atoms with Gasteiger partial charge in [0.2, 0.25) is 11.7 Å². The highest BCUT2D eigenvalue weighted by Gasteiger charge is 2.43. The van der Waals surface area contributed by atoms with Crippen LogP contribution in [0.3, 0.4) is 0 Å². The Hall–Kier alpha value is -2.77. The van der Waals surface area contributed by atoms with E-state index in [1.54, 1.807) is 6.92 Å². The molecule has 26 heavy (non-hydrogen) atoms. The predicted molar refractivity (Wildman–Crippen MR) is 94.1 cm³/mol. The molecule has 8 nitrogen and oxygen atoms in total. The first-order chi connectivity index (χ1) is 12.4. The molecule has 0 bridgehead atoms. The van der Waals surface area contributed by atoms with E-state index in [-0.39, 0.29) is 0 Å². The van der Waals surface area contributed by atoms with Gasteiger partial charge in [-0.05, 0) is 43.7 Å². The first-order valence-electron chi connectivity index (χ1n) is 8.81. The number of nitrogens with zero attached hydrogens (tertiary/aromatic N) is 4. The summed E-state index contributed by atoms with van der Waals surface area (Å²) in [7, 11) is 0. The number of carbonyl (C=O) groups is 2.